The minimum atomic E-state index is 0.188. The molecule has 0 bridgehead atoms. The van der Waals surface area contributed by atoms with E-state index >= 15 is 0 Å². The SMILES string of the molecule is CCC(C)Oc1ccc(-c2nnc(C)o2)nc1. The predicted octanol–water partition coefficient (Wildman–Crippen LogP) is 2.62. The highest BCUT2D eigenvalue weighted by atomic mass is 16.5. The Labute approximate surface area is 99.8 Å². The van der Waals surface area contributed by atoms with E-state index in [-0.39, 0.29) is 6.10 Å². The molecule has 0 spiro atoms. The molecule has 0 N–H and O–H groups in total. The van der Waals surface area contributed by atoms with Crippen LogP contribution in [0.15, 0.2) is 22.7 Å². The number of ether oxygens (including phenoxy) is 1. The Morgan fingerprint density at radius 1 is 1.35 bits per heavy atom. The van der Waals surface area contributed by atoms with E-state index in [1.807, 2.05) is 19.1 Å². The minimum absolute atomic E-state index is 0.188. The summed E-state index contributed by atoms with van der Waals surface area (Å²) in [6, 6.07) is 3.67. The molecule has 2 aromatic rings. The Morgan fingerprint density at radius 2 is 2.18 bits per heavy atom. The second-order valence-corrected chi connectivity index (χ2v) is 3.84. The second kappa shape index (κ2) is 4.95. The monoisotopic (exact) mass is 233 g/mol. The maximum Gasteiger partial charge on any atom is 0.266 e. The first-order valence-corrected chi connectivity index (χ1v) is 5.62. The molecule has 0 radical (unpaired) electrons. The maximum atomic E-state index is 5.63. The van der Waals surface area contributed by atoms with E-state index in [9.17, 15) is 0 Å². The van der Waals surface area contributed by atoms with E-state index in [4.69, 9.17) is 9.15 Å². The van der Waals surface area contributed by atoms with Gasteiger partial charge >= 0.3 is 0 Å². The van der Waals surface area contributed by atoms with Gasteiger partial charge < -0.3 is 9.15 Å². The number of pyridine rings is 1. The second-order valence-electron chi connectivity index (χ2n) is 3.84. The van der Waals surface area contributed by atoms with E-state index in [2.05, 4.69) is 22.1 Å². The third kappa shape index (κ3) is 2.81. The Hall–Kier alpha value is -1.91. The molecule has 2 heterocycles. The van der Waals surface area contributed by atoms with Crippen molar-refractivity contribution >= 4 is 0 Å². The highest BCUT2D eigenvalue weighted by molar-refractivity contribution is 5.46. The van der Waals surface area contributed by atoms with E-state index in [0.29, 0.717) is 17.5 Å². The van der Waals surface area contributed by atoms with Gasteiger partial charge in [-0.3, -0.25) is 0 Å². The fourth-order valence-electron chi connectivity index (χ4n) is 1.29. The molecule has 17 heavy (non-hydrogen) atoms. The summed E-state index contributed by atoms with van der Waals surface area (Å²) in [7, 11) is 0. The summed E-state index contributed by atoms with van der Waals surface area (Å²) >= 11 is 0. The average Bonchev–Trinajstić information content (AvgIpc) is 2.77. The van der Waals surface area contributed by atoms with Crippen molar-refractivity contribution in [1.29, 1.82) is 0 Å². The molecule has 0 aliphatic heterocycles. The largest absolute Gasteiger partial charge is 0.489 e. The molecular formula is C12H15N3O2. The summed E-state index contributed by atoms with van der Waals surface area (Å²) in [5, 5.41) is 7.66. The van der Waals surface area contributed by atoms with Crippen LogP contribution in [-0.2, 0) is 0 Å². The number of rotatable bonds is 4. The van der Waals surface area contributed by atoms with Gasteiger partial charge in [-0.05, 0) is 25.5 Å². The quantitative estimate of drug-likeness (QED) is 0.812. The Kier molecular flexibility index (Phi) is 3.37. The first-order valence-electron chi connectivity index (χ1n) is 5.62. The standard InChI is InChI=1S/C12H15N3O2/c1-4-8(2)16-10-5-6-11(13-7-10)12-15-14-9(3)17-12/h5-8H,4H2,1-3H3. The van der Waals surface area contributed by atoms with Crippen LogP contribution in [-0.4, -0.2) is 21.3 Å². The van der Waals surface area contributed by atoms with Crippen LogP contribution in [0.5, 0.6) is 5.75 Å². The van der Waals surface area contributed by atoms with Gasteiger partial charge in [0.1, 0.15) is 11.4 Å². The summed E-state index contributed by atoms with van der Waals surface area (Å²) < 4.78 is 10.9. The smallest absolute Gasteiger partial charge is 0.266 e. The molecule has 5 nitrogen and oxygen atoms in total. The number of hydrogen-bond donors (Lipinski definition) is 0. The minimum Gasteiger partial charge on any atom is -0.489 e. The van der Waals surface area contributed by atoms with Crippen molar-refractivity contribution in [3.05, 3.63) is 24.2 Å². The van der Waals surface area contributed by atoms with Crippen LogP contribution in [0, 0.1) is 6.92 Å². The van der Waals surface area contributed by atoms with Gasteiger partial charge in [-0.25, -0.2) is 4.98 Å². The zero-order valence-electron chi connectivity index (χ0n) is 10.2. The number of aromatic nitrogens is 3. The molecular weight excluding hydrogens is 218 g/mol. The van der Waals surface area contributed by atoms with Crippen LogP contribution in [0.25, 0.3) is 11.6 Å². The van der Waals surface area contributed by atoms with Crippen LogP contribution >= 0.6 is 0 Å². The fraction of sp³-hybridized carbons (Fsp3) is 0.417. The molecule has 0 saturated carbocycles. The molecule has 0 aromatic carbocycles. The fourth-order valence-corrected chi connectivity index (χ4v) is 1.29. The van der Waals surface area contributed by atoms with Gasteiger partial charge in [-0.1, -0.05) is 6.92 Å². The number of hydrogen-bond acceptors (Lipinski definition) is 5. The third-order valence-corrected chi connectivity index (χ3v) is 2.39. The predicted molar refractivity (Wildman–Crippen MR) is 62.6 cm³/mol. The lowest BCUT2D eigenvalue weighted by atomic mass is 10.3. The molecule has 2 aromatic heterocycles. The Bertz CT molecular complexity index is 479. The van der Waals surface area contributed by atoms with Gasteiger partial charge in [0.15, 0.2) is 0 Å². The van der Waals surface area contributed by atoms with E-state index in [1.54, 1.807) is 13.1 Å². The van der Waals surface area contributed by atoms with Gasteiger partial charge in [0.2, 0.25) is 5.89 Å². The Morgan fingerprint density at radius 3 is 2.71 bits per heavy atom. The summed E-state index contributed by atoms with van der Waals surface area (Å²) in [5.41, 5.74) is 0.655. The summed E-state index contributed by atoms with van der Waals surface area (Å²) in [6.07, 6.45) is 2.82. The summed E-state index contributed by atoms with van der Waals surface area (Å²) in [6.45, 7) is 5.85. The van der Waals surface area contributed by atoms with Gasteiger partial charge in [0.05, 0.1) is 12.3 Å². The van der Waals surface area contributed by atoms with Crippen molar-refractivity contribution in [2.24, 2.45) is 0 Å². The molecule has 0 aliphatic rings. The summed E-state index contributed by atoms with van der Waals surface area (Å²) in [4.78, 5) is 4.23. The molecule has 5 heteroatoms. The third-order valence-electron chi connectivity index (χ3n) is 2.39. The summed E-state index contributed by atoms with van der Waals surface area (Å²) in [5.74, 6) is 1.71. The van der Waals surface area contributed by atoms with Gasteiger partial charge in [-0.2, -0.15) is 0 Å². The van der Waals surface area contributed by atoms with Gasteiger partial charge in [-0.15, -0.1) is 10.2 Å². The first kappa shape index (κ1) is 11.6. The van der Waals surface area contributed by atoms with E-state index in [1.165, 1.54) is 0 Å². The molecule has 0 saturated heterocycles. The van der Waals surface area contributed by atoms with Gasteiger partial charge in [0, 0.05) is 6.92 Å². The van der Waals surface area contributed by atoms with Crippen LogP contribution in [0.1, 0.15) is 26.2 Å². The number of aryl methyl sites for hydroxylation is 1. The highest BCUT2D eigenvalue weighted by Crippen LogP contribution is 2.19. The van der Waals surface area contributed by atoms with Crippen molar-refractivity contribution in [3.8, 4) is 17.3 Å². The lowest BCUT2D eigenvalue weighted by Crippen LogP contribution is -2.09. The molecule has 1 unspecified atom stereocenters. The van der Waals surface area contributed by atoms with E-state index in [0.717, 1.165) is 12.2 Å². The molecule has 0 amide bonds. The molecule has 90 valence electrons. The molecule has 0 fully saturated rings. The van der Waals surface area contributed by atoms with Crippen molar-refractivity contribution in [2.45, 2.75) is 33.3 Å². The van der Waals surface area contributed by atoms with Crippen LogP contribution < -0.4 is 4.74 Å². The lowest BCUT2D eigenvalue weighted by molar-refractivity contribution is 0.216. The first-order chi connectivity index (χ1) is 8.19. The van der Waals surface area contributed by atoms with Gasteiger partial charge in [0.25, 0.3) is 5.89 Å². The zero-order valence-corrected chi connectivity index (χ0v) is 10.2. The maximum absolute atomic E-state index is 5.63. The molecule has 1 atom stereocenters. The van der Waals surface area contributed by atoms with E-state index < -0.39 is 0 Å². The highest BCUT2D eigenvalue weighted by Gasteiger charge is 2.08. The van der Waals surface area contributed by atoms with Crippen LogP contribution in [0.3, 0.4) is 0 Å². The average molecular weight is 233 g/mol. The van der Waals surface area contributed by atoms with Crippen molar-refractivity contribution in [1.82, 2.24) is 15.2 Å². The van der Waals surface area contributed by atoms with Crippen molar-refractivity contribution in [2.75, 3.05) is 0 Å². The van der Waals surface area contributed by atoms with Crippen molar-refractivity contribution < 1.29 is 9.15 Å². The van der Waals surface area contributed by atoms with Crippen LogP contribution in [0.2, 0.25) is 0 Å². The number of nitrogens with zero attached hydrogens (tertiary/aromatic N) is 3. The van der Waals surface area contributed by atoms with Crippen molar-refractivity contribution in [3.63, 3.8) is 0 Å². The van der Waals surface area contributed by atoms with Crippen LogP contribution in [0.4, 0.5) is 0 Å². The molecule has 0 aliphatic carbocycles. The molecule has 2 rings (SSSR count). The Balaban J connectivity index is 2.13. The zero-order chi connectivity index (χ0) is 12.3. The normalized spacial score (nSPS) is 12.4. The lowest BCUT2D eigenvalue weighted by Gasteiger charge is -2.11. The topological polar surface area (TPSA) is 61.0 Å².